The normalized spacial score (nSPS) is 29.3. The van der Waals surface area contributed by atoms with Crippen LogP contribution < -0.4 is 11.1 Å². The number of carboxylic acid groups (broad SMARTS) is 1. The Hall–Kier alpha value is -1.10. The van der Waals surface area contributed by atoms with E-state index >= 15 is 0 Å². The first-order chi connectivity index (χ1) is 9.01. The van der Waals surface area contributed by atoms with Crippen LogP contribution >= 0.6 is 0 Å². The van der Waals surface area contributed by atoms with Crippen molar-refractivity contribution in [1.82, 2.24) is 5.32 Å². The number of hydrogen-bond donors (Lipinski definition) is 3. The van der Waals surface area contributed by atoms with Gasteiger partial charge in [-0.2, -0.15) is 0 Å². The highest BCUT2D eigenvalue weighted by molar-refractivity contribution is 5.79. The van der Waals surface area contributed by atoms with E-state index in [1.165, 1.54) is 0 Å². The average molecular weight is 268 g/mol. The van der Waals surface area contributed by atoms with Gasteiger partial charge >= 0.3 is 5.97 Å². The minimum atomic E-state index is -0.770. The Morgan fingerprint density at radius 3 is 2.53 bits per heavy atom. The molecular weight excluding hydrogens is 244 g/mol. The van der Waals surface area contributed by atoms with Crippen LogP contribution in [0.4, 0.5) is 0 Å². The molecule has 1 amide bonds. The van der Waals surface area contributed by atoms with E-state index in [1.807, 2.05) is 0 Å². The largest absolute Gasteiger partial charge is 0.481 e. The summed E-state index contributed by atoms with van der Waals surface area (Å²) in [5.41, 5.74) is 5.69. The van der Waals surface area contributed by atoms with E-state index in [0.717, 1.165) is 44.9 Å². The number of nitrogens with two attached hydrogens (primary N) is 1. The Balaban J connectivity index is 1.80. The van der Waals surface area contributed by atoms with Gasteiger partial charge in [-0.15, -0.1) is 0 Å². The number of rotatable bonds is 5. The molecule has 2 rings (SSSR count). The van der Waals surface area contributed by atoms with Gasteiger partial charge in [-0.3, -0.25) is 9.59 Å². The molecule has 0 bridgehead atoms. The summed E-state index contributed by atoms with van der Waals surface area (Å²) < 4.78 is 0. The van der Waals surface area contributed by atoms with Gasteiger partial charge in [-0.1, -0.05) is 12.8 Å². The molecule has 5 heteroatoms. The first-order valence-corrected chi connectivity index (χ1v) is 7.26. The predicted octanol–water partition coefficient (Wildman–Crippen LogP) is 1.27. The van der Waals surface area contributed by atoms with Gasteiger partial charge in [0.2, 0.25) is 5.91 Å². The van der Waals surface area contributed by atoms with Gasteiger partial charge < -0.3 is 16.2 Å². The minimum absolute atomic E-state index is 0.0192. The van der Waals surface area contributed by atoms with Crippen molar-refractivity contribution in [3.8, 4) is 0 Å². The highest BCUT2D eigenvalue weighted by atomic mass is 16.4. The van der Waals surface area contributed by atoms with Crippen molar-refractivity contribution in [2.45, 2.75) is 57.4 Å². The molecule has 0 aromatic rings. The SMILES string of the molecule is NC1CCCC(C(=O)NCC2(CC(=O)O)CCC2)C1. The zero-order valence-corrected chi connectivity index (χ0v) is 11.4. The zero-order valence-electron chi connectivity index (χ0n) is 11.4. The van der Waals surface area contributed by atoms with Crippen LogP contribution in [0.2, 0.25) is 0 Å². The molecule has 2 atom stereocenters. The number of carboxylic acids is 1. The van der Waals surface area contributed by atoms with Crippen LogP contribution in [0.15, 0.2) is 0 Å². The second-order valence-corrected chi connectivity index (χ2v) is 6.27. The standard InChI is InChI=1S/C14H24N2O3/c15-11-4-1-3-10(7-11)13(19)16-9-14(5-2-6-14)8-12(17)18/h10-11H,1-9,15H2,(H,16,19)(H,17,18). The molecule has 0 heterocycles. The van der Waals surface area contributed by atoms with Gasteiger partial charge in [-0.05, 0) is 37.5 Å². The number of carbonyl (C=O) groups is 2. The Morgan fingerprint density at radius 2 is 2.00 bits per heavy atom. The van der Waals surface area contributed by atoms with E-state index in [9.17, 15) is 9.59 Å². The lowest BCUT2D eigenvalue weighted by Crippen LogP contribution is -2.46. The summed E-state index contributed by atoms with van der Waals surface area (Å²) >= 11 is 0. The first-order valence-electron chi connectivity index (χ1n) is 7.26. The monoisotopic (exact) mass is 268 g/mol. The molecule has 0 aliphatic heterocycles. The van der Waals surface area contributed by atoms with Gasteiger partial charge in [0.1, 0.15) is 0 Å². The van der Waals surface area contributed by atoms with E-state index in [2.05, 4.69) is 5.32 Å². The van der Waals surface area contributed by atoms with Crippen LogP contribution in [-0.4, -0.2) is 29.6 Å². The number of hydrogen-bond acceptors (Lipinski definition) is 3. The number of nitrogens with one attached hydrogen (secondary N) is 1. The smallest absolute Gasteiger partial charge is 0.303 e. The topological polar surface area (TPSA) is 92.4 Å². The molecule has 0 radical (unpaired) electrons. The molecule has 0 aromatic heterocycles. The third-order valence-electron chi connectivity index (χ3n) is 4.66. The highest BCUT2D eigenvalue weighted by Crippen LogP contribution is 2.43. The fourth-order valence-corrected chi connectivity index (χ4v) is 3.30. The fourth-order valence-electron chi connectivity index (χ4n) is 3.30. The van der Waals surface area contributed by atoms with Crippen molar-refractivity contribution in [2.75, 3.05) is 6.54 Å². The Labute approximate surface area is 113 Å². The molecule has 19 heavy (non-hydrogen) atoms. The molecule has 108 valence electrons. The number of aliphatic carboxylic acids is 1. The van der Waals surface area contributed by atoms with Crippen molar-refractivity contribution < 1.29 is 14.7 Å². The second-order valence-electron chi connectivity index (χ2n) is 6.27. The Kier molecular flexibility index (Phi) is 4.45. The molecule has 2 fully saturated rings. The summed E-state index contributed by atoms with van der Waals surface area (Å²) in [7, 11) is 0. The van der Waals surface area contributed by atoms with Gasteiger partial charge in [0, 0.05) is 18.5 Å². The lowest BCUT2D eigenvalue weighted by Gasteiger charge is -2.41. The maximum absolute atomic E-state index is 12.1. The molecule has 5 nitrogen and oxygen atoms in total. The second kappa shape index (κ2) is 5.90. The summed E-state index contributed by atoms with van der Waals surface area (Å²) in [6.07, 6.45) is 6.73. The molecule has 2 saturated carbocycles. The molecule has 2 unspecified atom stereocenters. The van der Waals surface area contributed by atoms with Crippen LogP contribution in [0.25, 0.3) is 0 Å². The van der Waals surface area contributed by atoms with Crippen LogP contribution in [-0.2, 0) is 9.59 Å². The van der Waals surface area contributed by atoms with E-state index in [4.69, 9.17) is 10.8 Å². The maximum atomic E-state index is 12.1. The van der Waals surface area contributed by atoms with Crippen LogP contribution in [0.1, 0.15) is 51.4 Å². The van der Waals surface area contributed by atoms with Gasteiger partial charge in [0.05, 0.1) is 6.42 Å². The zero-order chi connectivity index (χ0) is 13.9. The van der Waals surface area contributed by atoms with Crippen molar-refractivity contribution >= 4 is 11.9 Å². The molecule has 0 saturated heterocycles. The van der Waals surface area contributed by atoms with Crippen LogP contribution in [0, 0.1) is 11.3 Å². The van der Waals surface area contributed by atoms with Crippen molar-refractivity contribution in [3.63, 3.8) is 0 Å². The maximum Gasteiger partial charge on any atom is 0.303 e. The third-order valence-corrected chi connectivity index (χ3v) is 4.66. The lowest BCUT2D eigenvalue weighted by molar-refractivity contribution is -0.142. The minimum Gasteiger partial charge on any atom is -0.481 e. The quantitative estimate of drug-likeness (QED) is 0.700. The average Bonchev–Trinajstić information content (AvgIpc) is 2.31. The summed E-state index contributed by atoms with van der Waals surface area (Å²) in [5, 5.41) is 11.9. The van der Waals surface area contributed by atoms with Crippen molar-refractivity contribution in [1.29, 1.82) is 0 Å². The van der Waals surface area contributed by atoms with Crippen molar-refractivity contribution in [3.05, 3.63) is 0 Å². The molecular formula is C14H24N2O3. The van der Waals surface area contributed by atoms with E-state index < -0.39 is 5.97 Å². The molecule has 0 aromatic carbocycles. The van der Waals surface area contributed by atoms with Crippen molar-refractivity contribution in [2.24, 2.45) is 17.1 Å². The summed E-state index contributed by atoms with van der Waals surface area (Å²) in [5.74, 6) is -0.689. The Bertz CT molecular complexity index is 353. The van der Waals surface area contributed by atoms with Gasteiger partial charge in [0.15, 0.2) is 0 Å². The molecule has 4 N–H and O–H groups in total. The summed E-state index contributed by atoms with van der Waals surface area (Å²) in [6, 6.07) is 0.140. The number of amides is 1. The number of carbonyl (C=O) groups excluding carboxylic acids is 1. The lowest BCUT2D eigenvalue weighted by atomic mass is 9.66. The molecule has 0 spiro atoms. The fraction of sp³-hybridized carbons (Fsp3) is 0.857. The highest BCUT2D eigenvalue weighted by Gasteiger charge is 2.39. The molecule has 2 aliphatic carbocycles. The third kappa shape index (κ3) is 3.69. The van der Waals surface area contributed by atoms with Crippen LogP contribution in [0.3, 0.4) is 0 Å². The predicted molar refractivity (Wildman–Crippen MR) is 71.5 cm³/mol. The van der Waals surface area contributed by atoms with E-state index in [0.29, 0.717) is 6.54 Å². The van der Waals surface area contributed by atoms with Gasteiger partial charge in [-0.25, -0.2) is 0 Å². The van der Waals surface area contributed by atoms with Crippen LogP contribution in [0.5, 0.6) is 0 Å². The first kappa shape index (κ1) is 14.3. The van der Waals surface area contributed by atoms with E-state index in [-0.39, 0.29) is 29.7 Å². The summed E-state index contributed by atoms with van der Waals surface area (Å²) in [4.78, 5) is 23.0. The summed E-state index contributed by atoms with van der Waals surface area (Å²) in [6.45, 7) is 0.504. The Morgan fingerprint density at radius 1 is 1.26 bits per heavy atom. The van der Waals surface area contributed by atoms with E-state index in [1.54, 1.807) is 0 Å². The van der Waals surface area contributed by atoms with Gasteiger partial charge in [0.25, 0.3) is 0 Å². The molecule has 2 aliphatic rings.